The van der Waals surface area contributed by atoms with Gasteiger partial charge in [-0.05, 0) is 57.5 Å². The van der Waals surface area contributed by atoms with Gasteiger partial charge in [0.1, 0.15) is 5.82 Å². The number of halogens is 3. The molecule has 0 aromatic heterocycles. The number of benzene rings is 1. The van der Waals surface area contributed by atoms with E-state index in [1.807, 2.05) is 19.1 Å². The summed E-state index contributed by atoms with van der Waals surface area (Å²) < 4.78 is 13.1. The number of piperidine rings is 1. The van der Waals surface area contributed by atoms with E-state index in [1.54, 1.807) is 0 Å². The van der Waals surface area contributed by atoms with E-state index in [1.165, 1.54) is 12.1 Å². The Balaban J connectivity index is 0.00000182. The Morgan fingerprint density at radius 3 is 2.41 bits per heavy atom. The highest BCUT2D eigenvalue weighted by atomic mass is 35.5. The van der Waals surface area contributed by atoms with Crippen molar-refractivity contribution >= 4 is 36.4 Å². The van der Waals surface area contributed by atoms with Crippen LogP contribution in [0.15, 0.2) is 24.3 Å². The fourth-order valence-electron chi connectivity index (χ4n) is 3.77. The molecule has 3 rings (SSSR count). The van der Waals surface area contributed by atoms with Crippen molar-refractivity contribution in [2.24, 2.45) is 0 Å². The van der Waals surface area contributed by atoms with Crippen molar-refractivity contribution in [3.05, 3.63) is 30.1 Å². The van der Waals surface area contributed by atoms with Crippen molar-refractivity contribution in [2.75, 3.05) is 37.6 Å². The first kappa shape index (κ1) is 24.0. The minimum Gasteiger partial charge on any atom is -0.369 e. The quantitative estimate of drug-likeness (QED) is 0.784. The monoisotopic (exact) mass is 420 g/mol. The third kappa shape index (κ3) is 6.49. The SMILES string of the molecule is CC1CC(NC(=O)C(C)N2CCN(c3ccc(F)cc3)CC2)CCN1.Cl.Cl. The number of nitrogens with zero attached hydrogens (tertiary/aromatic N) is 2. The third-order valence-electron chi connectivity index (χ3n) is 5.40. The summed E-state index contributed by atoms with van der Waals surface area (Å²) in [4.78, 5) is 17.1. The van der Waals surface area contributed by atoms with Crippen LogP contribution < -0.4 is 15.5 Å². The molecule has 1 amide bonds. The zero-order valence-corrected chi connectivity index (χ0v) is 17.6. The first-order valence-electron chi connectivity index (χ1n) is 9.31. The molecule has 2 saturated heterocycles. The fourth-order valence-corrected chi connectivity index (χ4v) is 3.77. The molecule has 5 nitrogen and oxygen atoms in total. The van der Waals surface area contributed by atoms with E-state index < -0.39 is 0 Å². The molecule has 154 valence electrons. The number of carbonyl (C=O) groups is 1. The second kappa shape index (κ2) is 11.1. The van der Waals surface area contributed by atoms with Gasteiger partial charge in [0, 0.05) is 44.0 Å². The average molecular weight is 421 g/mol. The highest BCUT2D eigenvalue weighted by Crippen LogP contribution is 2.18. The summed E-state index contributed by atoms with van der Waals surface area (Å²) in [5, 5.41) is 6.63. The van der Waals surface area contributed by atoms with E-state index in [4.69, 9.17) is 0 Å². The van der Waals surface area contributed by atoms with Gasteiger partial charge in [0.2, 0.25) is 5.91 Å². The van der Waals surface area contributed by atoms with Crippen molar-refractivity contribution in [2.45, 2.75) is 44.8 Å². The van der Waals surface area contributed by atoms with Gasteiger partial charge in [-0.1, -0.05) is 0 Å². The summed E-state index contributed by atoms with van der Waals surface area (Å²) in [7, 11) is 0. The fraction of sp³-hybridized carbons (Fsp3) is 0.632. The van der Waals surface area contributed by atoms with Crippen LogP contribution in [0.3, 0.4) is 0 Å². The van der Waals surface area contributed by atoms with Crippen LogP contribution in [0, 0.1) is 5.82 Å². The van der Waals surface area contributed by atoms with Gasteiger partial charge in [-0.3, -0.25) is 9.69 Å². The van der Waals surface area contributed by atoms with Gasteiger partial charge in [0.05, 0.1) is 6.04 Å². The number of nitrogens with one attached hydrogen (secondary N) is 2. The lowest BCUT2D eigenvalue weighted by Gasteiger charge is -2.39. The molecule has 1 aromatic rings. The van der Waals surface area contributed by atoms with Crippen molar-refractivity contribution in [1.82, 2.24) is 15.5 Å². The third-order valence-corrected chi connectivity index (χ3v) is 5.40. The molecule has 2 aliphatic heterocycles. The van der Waals surface area contributed by atoms with Gasteiger partial charge in [0.25, 0.3) is 0 Å². The Kier molecular flexibility index (Phi) is 9.81. The van der Waals surface area contributed by atoms with Gasteiger partial charge >= 0.3 is 0 Å². The second-order valence-electron chi connectivity index (χ2n) is 7.26. The lowest BCUT2D eigenvalue weighted by Crippen LogP contribution is -2.56. The van der Waals surface area contributed by atoms with Crippen LogP contribution in [0.2, 0.25) is 0 Å². The van der Waals surface area contributed by atoms with E-state index in [0.717, 1.165) is 51.3 Å². The average Bonchev–Trinajstić information content (AvgIpc) is 2.62. The Hall–Kier alpha value is -1.08. The molecule has 2 heterocycles. The highest BCUT2D eigenvalue weighted by molar-refractivity contribution is 5.85. The number of carbonyl (C=O) groups excluding carboxylic acids is 1. The second-order valence-corrected chi connectivity index (χ2v) is 7.26. The zero-order chi connectivity index (χ0) is 17.8. The predicted octanol–water partition coefficient (Wildman–Crippen LogP) is 2.44. The van der Waals surface area contributed by atoms with Crippen LogP contribution in [0.5, 0.6) is 0 Å². The van der Waals surface area contributed by atoms with Crippen LogP contribution >= 0.6 is 24.8 Å². The maximum atomic E-state index is 13.1. The minimum atomic E-state index is -0.208. The van der Waals surface area contributed by atoms with Crippen LogP contribution in [0.25, 0.3) is 0 Å². The van der Waals surface area contributed by atoms with E-state index >= 15 is 0 Å². The van der Waals surface area contributed by atoms with Gasteiger partial charge < -0.3 is 15.5 Å². The van der Waals surface area contributed by atoms with Crippen molar-refractivity contribution in [1.29, 1.82) is 0 Å². The maximum absolute atomic E-state index is 13.1. The summed E-state index contributed by atoms with van der Waals surface area (Å²) in [5.41, 5.74) is 1.04. The van der Waals surface area contributed by atoms with Crippen LogP contribution in [0.4, 0.5) is 10.1 Å². The van der Waals surface area contributed by atoms with Crippen molar-refractivity contribution in [3.8, 4) is 0 Å². The van der Waals surface area contributed by atoms with Gasteiger partial charge in [-0.2, -0.15) is 0 Å². The standard InChI is InChI=1S/C19H29FN4O.2ClH/c1-14-13-17(7-8-21-14)22-19(25)15(2)23-9-11-24(12-10-23)18-5-3-16(20)4-6-18;;/h3-6,14-15,17,21H,7-13H2,1-2H3,(H,22,25);2*1H. The lowest BCUT2D eigenvalue weighted by atomic mass is 10.0. The summed E-state index contributed by atoms with van der Waals surface area (Å²) in [6.07, 6.45) is 2.00. The predicted molar refractivity (Wildman–Crippen MR) is 113 cm³/mol. The molecule has 0 aliphatic carbocycles. The molecule has 3 atom stereocenters. The molecule has 0 saturated carbocycles. The van der Waals surface area contributed by atoms with E-state index in [0.29, 0.717) is 6.04 Å². The van der Waals surface area contributed by atoms with Gasteiger partial charge in [-0.15, -0.1) is 24.8 Å². The number of rotatable bonds is 4. The molecule has 8 heteroatoms. The summed E-state index contributed by atoms with van der Waals surface area (Å²) in [5.74, 6) is -0.0748. The van der Waals surface area contributed by atoms with Gasteiger partial charge in [-0.25, -0.2) is 4.39 Å². The van der Waals surface area contributed by atoms with Crippen LogP contribution in [-0.2, 0) is 4.79 Å². The number of hydrogen-bond donors (Lipinski definition) is 2. The van der Waals surface area contributed by atoms with E-state index in [9.17, 15) is 9.18 Å². The van der Waals surface area contributed by atoms with Crippen molar-refractivity contribution < 1.29 is 9.18 Å². The summed E-state index contributed by atoms with van der Waals surface area (Å²) in [6.45, 7) is 8.52. The Labute approximate surface area is 173 Å². The smallest absolute Gasteiger partial charge is 0.237 e. The number of hydrogen-bond acceptors (Lipinski definition) is 4. The molecular formula is C19H31Cl2FN4O. The molecule has 0 radical (unpaired) electrons. The molecule has 2 aliphatic rings. The highest BCUT2D eigenvalue weighted by Gasteiger charge is 2.28. The maximum Gasteiger partial charge on any atom is 0.237 e. The van der Waals surface area contributed by atoms with E-state index in [-0.39, 0.29) is 48.6 Å². The molecule has 2 fully saturated rings. The lowest BCUT2D eigenvalue weighted by molar-refractivity contribution is -0.127. The minimum absolute atomic E-state index is 0. The topological polar surface area (TPSA) is 47.6 Å². The molecule has 0 spiro atoms. The van der Waals surface area contributed by atoms with Gasteiger partial charge in [0.15, 0.2) is 0 Å². The molecular weight excluding hydrogens is 390 g/mol. The van der Waals surface area contributed by atoms with E-state index in [2.05, 4.69) is 27.4 Å². The zero-order valence-electron chi connectivity index (χ0n) is 16.0. The Bertz CT molecular complexity index is 582. The summed E-state index contributed by atoms with van der Waals surface area (Å²) >= 11 is 0. The van der Waals surface area contributed by atoms with Crippen LogP contribution in [0.1, 0.15) is 26.7 Å². The normalized spacial score (nSPS) is 24.3. The molecule has 2 N–H and O–H groups in total. The Morgan fingerprint density at radius 2 is 1.81 bits per heavy atom. The molecule has 27 heavy (non-hydrogen) atoms. The Morgan fingerprint density at radius 1 is 1.19 bits per heavy atom. The molecule has 0 bridgehead atoms. The number of amides is 1. The number of anilines is 1. The molecule has 3 unspecified atom stereocenters. The first-order valence-corrected chi connectivity index (χ1v) is 9.31. The first-order chi connectivity index (χ1) is 12.0. The summed E-state index contributed by atoms with van der Waals surface area (Å²) in [6, 6.07) is 7.27. The van der Waals surface area contributed by atoms with Crippen LogP contribution in [-0.4, -0.2) is 61.7 Å². The molecule has 1 aromatic carbocycles. The van der Waals surface area contributed by atoms with Crippen molar-refractivity contribution in [3.63, 3.8) is 0 Å². The number of piperazine rings is 1. The largest absolute Gasteiger partial charge is 0.369 e.